The number of H-pyrrole nitrogens is 1. The molecule has 1 fully saturated rings. The fourth-order valence-corrected chi connectivity index (χ4v) is 3.94. The number of ether oxygens (including phenoxy) is 2. The quantitative estimate of drug-likeness (QED) is 0.427. The zero-order valence-electron chi connectivity index (χ0n) is 17.8. The molecule has 174 valence electrons. The van der Waals surface area contributed by atoms with Crippen LogP contribution >= 0.6 is 0 Å². The van der Waals surface area contributed by atoms with Gasteiger partial charge in [0.2, 0.25) is 0 Å². The summed E-state index contributed by atoms with van der Waals surface area (Å²) in [4.78, 5) is 30.6. The molecule has 2 heterocycles. The Morgan fingerprint density at radius 3 is 2.52 bits per heavy atom. The van der Waals surface area contributed by atoms with Gasteiger partial charge < -0.3 is 19.4 Å². The fourth-order valence-electron chi connectivity index (χ4n) is 3.94. The minimum absolute atomic E-state index is 0.0106. The summed E-state index contributed by atoms with van der Waals surface area (Å²) < 4.78 is 34.7. The maximum Gasteiger partial charge on any atom is 0.387 e. The van der Waals surface area contributed by atoms with E-state index in [0.29, 0.717) is 37.4 Å². The Balaban J connectivity index is 1.45. The van der Waals surface area contributed by atoms with E-state index in [9.17, 15) is 23.7 Å². The average Bonchev–Trinajstić information content (AvgIpc) is 3.23. The van der Waals surface area contributed by atoms with Gasteiger partial charge in [-0.05, 0) is 18.2 Å². The molecule has 0 spiro atoms. The monoisotopic (exact) mass is 460 g/mol. The molecule has 1 N–H and O–H groups in total. The molecule has 1 amide bonds. The van der Waals surface area contributed by atoms with Crippen LogP contribution in [0.5, 0.6) is 11.5 Å². The van der Waals surface area contributed by atoms with E-state index in [1.165, 1.54) is 13.2 Å². The molecule has 0 saturated carbocycles. The number of hydrogen-bond acceptors (Lipinski definition) is 6. The number of aromatic nitrogens is 1. The van der Waals surface area contributed by atoms with Gasteiger partial charge in [0.25, 0.3) is 11.6 Å². The van der Waals surface area contributed by atoms with Crippen molar-refractivity contribution < 1.29 is 28.0 Å². The van der Waals surface area contributed by atoms with Crippen LogP contribution in [0.4, 0.5) is 14.5 Å². The van der Waals surface area contributed by atoms with E-state index in [-0.39, 0.29) is 23.9 Å². The van der Waals surface area contributed by atoms with E-state index in [2.05, 4.69) is 9.72 Å². The van der Waals surface area contributed by atoms with E-state index in [4.69, 9.17) is 4.74 Å². The molecule has 9 nitrogen and oxygen atoms in total. The molecule has 0 aliphatic carbocycles. The van der Waals surface area contributed by atoms with Gasteiger partial charge >= 0.3 is 6.61 Å². The number of nitrogens with zero attached hydrogens (tertiary/aromatic N) is 3. The van der Waals surface area contributed by atoms with E-state index >= 15 is 0 Å². The number of nitro benzene ring substituents is 1. The highest BCUT2D eigenvalue weighted by molar-refractivity contribution is 5.98. The standard InChI is InChI=1S/C22H22F2N4O5/c1-32-19-11-15(18(28(30)31)12-20(19)33-22(23)24)13-26-6-8-27(9-7-26)21(29)17-10-14-4-2-3-5-16(14)25-17/h2-5,10-12,22,25H,6-9,13H2,1H3. The molecule has 1 aromatic heterocycles. The van der Waals surface area contributed by atoms with Crippen molar-refractivity contribution in [3.8, 4) is 11.5 Å². The van der Waals surface area contributed by atoms with E-state index in [1.54, 1.807) is 4.90 Å². The summed E-state index contributed by atoms with van der Waals surface area (Å²) in [7, 11) is 1.28. The number of benzene rings is 2. The van der Waals surface area contributed by atoms with Gasteiger partial charge in [0.05, 0.1) is 18.1 Å². The minimum Gasteiger partial charge on any atom is -0.493 e. The van der Waals surface area contributed by atoms with Crippen LogP contribution in [0.25, 0.3) is 10.9 Å². The van der Waals surface area contributed by atoms with Crippen LogP contribution < -0.4 is 9.47 Å². The Kier molecular flexibility index (Phi) is 6.40. The highest BCUT2D eigenvalue weighted by Gasteiger charge is 2.27. The summed E-state index contributed by atoms with van der Waals surface area (Å²) in [5.74, 6) is -0.507. The van der Waals surface area contributed by atoms with Crippen LogP contribution in [0.15, 0.2) is 42.5 Å². The molecule has 0 unspecified atom stereocenters. The predicted octanol–water partition coefficient (Wildman–Crippen LogP) is 3.64. The highest BCUT2D eigenvalue weighted by atomic mass is 19.3. The summed E-state index contributed by atoms with van der Waals surface area (Å²) in [5.41, 5.74) is 1.39. The molecule has 11 heteroatoms. The number of carbonyl (C=O) groups excluding carboxylic acids is 1. The first-order chi connectivity index (χ1) is 15.9. The Morgan fingerprint density at radius 1 is 1.15 bits per heavy atom. The van der Waals surface area contributed by atoms with E-state index in [1.807, 2.05) is 35.2 Å². The van der Waals surface area contributed by atoms with Crippen molar-refractivity contribution in [3.05, 3.63) is 63.8 Å². The van der Waals surface area contributed by atoms with Gasteiger partial charge in [-0.2, -0.15) is 8.78 Å². The molecule has 33 heavy (non-hydrogen) atoms. The smallest absolute Gasteiger partial charge is 0.387 e. The number of fused-ring (bicyclic) bond motifs is 1. The molecule has 0 bridgehead atoms. The SMILES string of the molecule is COc1cc(CN2CCN(C(=O)c3cc4ccccc4[nH]3)CC2)c([N+](=O)[O-])cc1OC(F)F. The van der Waals surface area contributed by atoms with Crippen molar-refractivity contribution in [3.63, 3.8) is 0 Å². The zero-order chi connectivity index (χ0) is 23.5. The number of rotatable bonds is 7. The number of amides is 1. The molecule has 2 aromatic carbocycles. The van der Waals surface area contributed by atoms with Gasteiger partial charge in [0.1, 0.15) is 5.69 Å². The number of carbonyl (C=O) groups is 1. The van der Waals surface area contributed by atoms with Crippen LogP contribution in [0, 0.1) is 10.1 Å². The van der Waals surface area contributed by atoms with Gasteiger partial charge in [-0.15, -0.1) is 0 Å². The Hall–Kier alpha value is -3.73. The predicted molar refractivity (Wildman–Crippen MR) is 116 cm³/mol. The summed E-state index contributed by atoms with van der Waals surface area (Å²) in [6.45, 7) is -1.03. The second kappa shape index (κ2) is 9.41. The Morgan fingerprint density at radius 2 is 1.88 bits per heavy atom. The number of alkyl halides is 2. The van der Waals surface area contributed by atoms with Crippen LogP contribution in [-0.2, 0) is 6.54 Å². The number of hydrogen-bond donors (Lipinski definition) is 1. The number of para-hydroxylation sites is 1. The molecule has 4 rings (SSSR count). The number of nitro groups is 1. The third-order valence-electron chi connectivity index (χ3n) is 5.59. The maximum absolute atomic E-state index is 12.9. The van der Waals surface area contributed by atoms with E-state index < -0.39 is 17.3 Å². The number of nitrogens with one attached hydrogen (secondary N) is 1. The second-order valence-corrected chi connectivity index (χ2v) is 7.61. The maximum atomic E-state index is 12.9. The molecule has 0 radical (unpaired) electrons. The number of piperazine rings is 1. The summed E-state index contributed by atoms with van der Waals surface area (Å²) in [6, 6.07) is 11.8. The molecular formula is C22H22F2N4O5. The lowest BCUT2D eigenvalue weighted by Crippen LogP contribution is -2.48. The van der Waals surface area contributed by atoms with Crippen LogP contribution in [0.1, 0.15) is 16.1 Å². The fraction of sp³-hybridized carbons (Fsp3) is 0.318. The van der Waals surface area contributed by atoms with Crippen molar-refractivity contribution in [2.24, 2.45) is 0 Å². The summed E-state index contributed by atoms with van der Waals surface area (Å²) in [6.07, 6.45) is 0. The topological polar surface area (TPSA) is 101 Å². The van der Waals surface area contributed by atoms with Crippen molar-refractivity contribution in [2.45, 2.75) is 13.2 Å². The Labute approximate surface area is 187 Å². The minimum atomic E-state index is -3.13. The molecule has 1 saturated heterocycles. The van der Waals surface area contributed by atoms with Crippen LogP contribution in [0.3, 0.4) is 0 Å². The van der Waals surface area contributed by atoms with Gasteiger partial charge in [-0.3, -0.25) is 19.8 Å². The van der Waals surface area contributed by atoms with Crippen molar-refractivity contribution in [2.75, 3.05) is 33.3 Å². The van der Waals surface area contributed by atoms with Crippen LogP contribution in [0.2, 0.25) is 0 Å². The lowest BCUT2D eigenvalue weighted by molar-refractivity contribution is -0.385. The van der Waals surface area contributed by atoms with Crippen molar-refractivity contribution in [1.29, 1.82) is 0 Å². The van der Waals surface area contributed by atoms with Gasteiger partial charge in [0, 0.05) is 49.2 Å². The third-order valence-corrected chi connectivity index (χ3v) is 5.59. The van der Waals surface area contributed by atoms with E-state index in [0.717, 1.165) is 17.0 Å². The lowest BCUT2D eigenvalue weighted by atomic mass is 10.1. The molecular weight excluding hydrogens is 438 g/mol. The molecule has 1 aliphatic rings. The third kappa shape index (κ3) is 4.87. The zero-order valence-corrected chi connectivity index (χ0v) is 17.8. The number of aromatic amines is 1. The first-order valence-corrected chi connectivity index (χ1v) is 10.2. The van der Waals surface area contributed by atoms with Gasteiger partial charge in [-0.1, -0.05) is 18.2 Å². The van der Waals surface area contributed by atoms with Gasteiger partial charge in [0.15, 0.2) is 11.5 Å². The average molecular weight is 460 g/mol. The number of methoxy groups -OCH3 is 1. The summed E-state index contributed by atoms with van der Waals surface area (Å²) in [5, 5.41) is 12.5. The van der Waals surface area contributed by atoms with Crippen molar-refractivity contribution >= 4 is 22.5 Å². The molecule has 0 atom stereocenters. The Bertz CT molecular complexity index is 1140. The number of halogens is 2. The van der Waals surface area contributed by atoms with Crippen molar-refractivity contribution in [1.82, 2.24) is 14.8 Å². The highest BCUT2D eigenvalue weighted by Crippen LogP contribution is 2.36. The van der Waals surface area contributed by atoms with Gasteiger partial charge in [-0.25, -0.2) is 0 Å². The summed E-state index contributed by atoms with van der Waals surface area (Å²) >= 11 is 0. The molecule has 3 aromatic rings. The van der Waals surface area contributed by atoms with Crippen LogP contribution in [-0.4, -0.2) is 65.5 Å². The first-order valence-electron chi connectivity index (χ1n) is 10.2. The lowest BCUT2D eigenvalue weighted by Gasteiger charge is -2.34. The first kappa shape index (κ1) is 22.5. The second-order valence-electron chi connectivity index (χ2n) is 7.61. The molecule has 1 aliphatic heterocycles. The normalized spacial score (nSPS) is 14.6. The largest absolute Gasteiger partial charge is 0.493 e.